The maximum absolute atomic E-state index is 12.9. The van der Waals surface area contributed by atoms with E-state index >= 15 is 0 Å². The second-order valence-electron chi connectivity index (χ2n) is 8.70. The van der Waals surface area contributed by atoms with Gasteiger partial charge < -0.3 is 14.4 Å². The molecule has 0 unspecified atom stereocenters. The van der Waals surface area contributed by atoms with E-state index in [1.807, 2.05) is 53.6 Å². The molecule has 162 valence electrons. The van der Waals surface area contributed by atoms with Gasteiger partial charge in [-0.25, -0.2) is 4.79 Å². The molecule has 0 saturated carbocycles. The third kappa shape index (κ3) is 3.67. The molecule has 3 aromatic rings. The van der Waals surface area contributed by atoms with Gasteiger partial charge in [0.1, 0.15) is 11.1 Å². The van der Waals surface area contributed by atoms with E-state index in [0.29, 0.717) is 24.6 Å². The summed E-state index contributed by atoms with van der Waals surface area (Å²) in [4.78, 5) is 26.3. The second kappa shape index (κ2) is 8.30. The molecule has 0 aliphatic carbocycles. The number of hydrogen-bond acceptors (Lipinski definition) is 6. The summed E-state index contributed by atoms with van der Waals surface area (Å²) in [7, 11) is 0. The van der Waals surface area contributed by atoms with Crippen LogP contribution in [0.1, 0.15) is 37.8 Å². The Balaban J connectivity index is 1.47. The number of aliphatic carboxylic acids is 1. The molecule has 4 heterocycles. The van der Waals surface area contributed by atoms with Crippen LogP contribution in [0.4, 0.5) is 6.01 Å². The first-order valence-corrected chi connectivity index (χ1v) is 11.2. The van der Waals surface area contributed by atoms with Gasteiger partial charge in [-0.1, -0.05) is 18.2 Å². The molecule has 31 heavy (non-hydrogen) atoms. The van der Waals surface area contributed by atoms with Crippen LogP contribution in [0, 0.1) is 5.92 Å². The lowest BCUT2D eigenvalue weighted by Gasteiger charge is -2.50. The average Bonchev–Trinajstić information content (AvgIpc) is 3.24. The van der Waals surface area contributed by atoms with Gasteiger partial charge in [0.2, 0.25) is 0 Å². The molecule has 2 fully saturated rings. The summed E-state index contributed by atoms with van der Waals surface area (Å²) in [6.45, 7) is 3.09. The van der Waals surface area contributed by atoms with Crippen molar-refractivity contribution >= 4 is 23.1 Å². The number of anilines is 1. The number of carboxylic acid groups (broad SMARTS) is 1. The normalized spacial score (nSPS) is 25.0. The Labute approximate surface area is 181 Å². The van der Waals surface area contributed by atoms with Crippen molar-refractivity contribution in [3.05, 3.63) is 54.4 Å². The molecule has 1 aromatic carbocycles. The van der Waals surface area contributed by atoms with E-state index in [1.54, 1.807) is 0 Å². The second-order valence-corrected chi connectivity index (χ2v) is 8.70. The quantitative estimate of drug-likeness (QED) is 0.669. The van der Waals surface area contributed by atoms with Crippen LogP contribution in [0.3, 0.4) is 0 Å². The molecule has 0 amide bonds. The lowest BCUT2D eigenvalue weighted by Crippen LogP contribution is -2.64. The molecule has 2 aromatic heterocycles. The summed E-state index contributed by atoms with van der Waals surface area (Å²) >= 11 is 0. The van der Waals surface area contributed by atoms with E-state index < -0.39 is 11.5 Å². The number of likely N-dealkylation sites (tertiary alicyclic amines) is 1. The fraction of sp³-hybridized carbons (Fsp3) is 0.458. The fourth-order valence-electron chi connectivity index (χ4n) is 5.37. The van der Waals surface area contributed by atoms with Crippen molar-refractivity contribution in [2.75, 3.05) is 24.5 Å². The first-order chi connectivity index (χ1) is 15.2. The van der Waals surface area contributed by atoms with Gasteiger partial charge in [0.25, 0.3) is 6.01 Å². The number of carboxylic acids is 1. The number of nitrogens with zero attached hydrogens (tertiary/aromatic N) is 4. The number of oxazole rings is 1. The first-order valence-electron chi connectivity index (χ1n) is 11.2. The summed E-state index contributed by atoms with van der Waals surface area (Å²) < 4.78 is 6.05. The van der Waals surface area contributed by atoms with Crippen LogP contribution in [0.2, 0.25) is 0 Å². The van der Waals surface area contributed by atoms with E-state index in [1.165, 1.54) is 0 Å². The zero-order valence-corrected chi connectivity index (χ0v) is 17.6. The lowest BCUT2D eigenvalue weighted by atomic mass is 9.72. The Morgan fingerprint density at radius 1 is 1.13 bits per heavy atom. The number of pyridine rings is 1. The minimum absolute atomic E-state index is 0.00206. The monoisotopic (exact) mass is 420 g/mol. The maximum atomic E-state index is 12.9. The minimum Gasteiger partial charge on any atom is -0.479 e. The van der Waals surface area contributed by atoms with Gasteiger partial charge in [0, 0.05) is 31.7 Å². The number of fused-ring (bicyclic) bond motifs is 1. The van der Waals surface area contributed by atoms with Crippen LogP contribution in [0.15, 0.2) is 53.1 Å². The summed E-state index contributed by atoms with van der Waals surface area (Å²) in [5.41, 5.74) is 1.49. The molecule has 2 saturated heterocycles. The molecule has 1 N–H and O–H groups in total. The maximum Gasteiger partial charge on any atom is 0.330 e. The van der Waals surface area contributed by atoms with Gasteiger partial charge in [-0.3, -0.25) is 9.88 Å². The van der Waals surface area contributed by atoms with Crippen molar-refractivity contribution in [2.24, 2.45) is 5.92 Å². The van der Waals surface area contributed by atoms with E-state index in [-0.39, 0.29) is 5.92 Å². The first kappa shape index (κ1) is 20.0. The Bertz CT molecular complexity index is 1020. The van der Waals surface area contributed by atoms with Gasteiger partial charge in [-0.15, -0.1) is 0 Å². The van der Waals surface area contributed by atoms with Gasteiger partial charge >= 0.3 is 5.97 Å². The Morgan fingerprint density at radius 3 is 2.81 bits per heavy atom. The number of carbonyl (C=O) groups is 1. The number of piperidine rings is 2. The highest BCUT2D eigenvalue weighted by molar-refractivity contribution is 5.84. The third-order valence-electron chi connectivity index (χ3n) is 6.85. The zero-order valence-electron chi connectivity index (χ0n) is 17.6. The van der Waals surface area contributed by atoms with Crippen molar-refractivity contribution in [3.8, 4) is 0 Å². The van der Waals surface area contributed by atoms with Crippen molar-refractivity contribution in [2.45, 2.75) is 44.2 Å². The zero-order chi connectivity index (χ0) is 21.3. The Hall–Kier alpha value is -2.93. The molecule has 0 spiro atoms. The molecule has 0 bridgehead atoms. The molecule has 2 atom stereocenters. The fourth-order valence-corrected chi connectivity index (χ4v) is 5.37. The van der Waals surface area contributed by atoms with E-state index in [2.05, 4.69) is 14.9 Å². The standard InChI is InChI=1S/C24H28N4O3/c29-22(30)24(18-8-7-14-27(16-18)17-19-9-3-5-13-25-19)12-4-6-15-28(24)23-26-20-10-1-2-11-21(20)31-23/h1-3,5,9-11,13,18H,4,6-8,12,14-17H2,(H,29,30)/t18-,24-/m0/s1. The predicted octanol–water partition coefficient (Wildman–Crippen LogP) is 3.95. The number of benzene rings is 1. The van der Waals surface area contributed by atoms with E-state index in [0.717, 1.165) is 56.5 Å². The van der Waals surface area contributed by atoms with Crippen molar-refractivity contribution in [1.29, 1.82) is 0 Å². The number of aromatic nitrogens is 2. The molecule has 7 heteroatoms. The molecule has 7 nitrogen and oxygen atoms in total. The average molecular weight is 421 g/mol. The van der Waals surface area contributed by atoms with E-state index in [4.69, 9.17) is 4.42 Å². The highest BCUT2D eigenvalue weighted by Gasteiger charge is 2.54. The lowest BCUT2D eigenvalue weighted by molar-refractivity contribution is -0.148. The van der Waals surface area contributed by atoms with Crippen molar-refractivity contribution in [3.63, 3.8) is 0 Å². The van der Waals surface area contributed by atoms with Crippen LogP contribution in [0.5, 0.6) is 0 Å². The van der Waals surface area contributed by atoms with Crippen LogP contribution in [0.25, 0.3) is 11.1 Å². The molecule has 0 radical (unpaired) electrons. The predicted molar refractivity (Wildman–Crippen MR) is 118 cm³/mol. The smallest absolute Gasteiger partial charge is 0.330 e. The van der Waals surface area contributed by atoms with Gasteiger partial charge in [0.15, 0.2) is 5.58 Å². The highest BCUT2D eigenvalue weighted by Crippen LogP contribution is 2.42. The van der Waals surface area contributed by atoms with Crippen molar-refractivity contribution in [1.82, 2.24) is 14.9 Å². The summed E-state index contributed by atoms with van der Waals surface area (Å²) in [6.07, 6.45) is 6.14. The molecule has 2 aliphatic rings. The Kier molecular flexibility index (Phi) is 5.36. The van der Waals surface area contributed by atoms with Gasteiger partial charge in [0.05, 0.1) is 5.69 Å². The molecular weight excluding hydrogens is 392 g/mol. The molecule has 2 aliphatic heterocycles. The largest absolute Gasteiger partial charge is 0.479 e. The summed E-state index contributed by atoms with van der Waals surface area (Å²) in [5, 5.41) is 10.6. The summed E-state index contributed by atoms with van der Waals surface area (Å²) in [5.74, 6) is -0.767. The number of para-hydroxylation sites is 2. The SMILES string of the molecule is O=C(O)[C@@]1([C@H]2CCCN(Cc3ccccn3)C2)CCCCN1c1nc2ccccc2o1. The van der Waals surface area contributed by atoms with Crippen LogP contribution in [-0.4, -0.2) is 51.1 Å². The van der Waals surface area contributed by atoms with Gasteiger partial charge in [-0.2, -0.15) is 4.98 Å². The topological polar surface area (TPSA) is 82.7 Å². The van der Waals surface area contributed by atoms with Crippen LogP contribution in [-0.2, 0) is 11.3 Å². The number of rotatable bonds is 5. The van der Waals surface area contributed by atoms with E-state index in [9.17, 15) is 9.90 Å². The molecule has 5 rings (SSSR count). The van der Waals surface area contributed by atoms with Gasteiger partial charge in [-0.05, 0) is 62.9 Å². The highest BCUT2D eigenvalue weighted by atomic mass is 16.4. The minimum atomic E-state index is -0.998. The van der Waals surface area contributed by atoms with Crippen molar-refractivity contribution < 1.29 is 14.3 Å². The third-order valence-corrected chi connectivity index (χ3v) is 6.85. The summed E-state index contributed by atoms with van der Waals surface area (Å²) in [6, 6.07) is 14.0. The Morgan fingerprint density at radius 2 is 2.00 bits per heavy atom. The molecular formula is C24H28N4O3. The van der Waals surface area contributed by atoms with Crippen LogP contribution < -0.4 is 4.90 Å². The van der Waals surface area contributed by atoms with Crippen LogP contribution >= 0.6 is 0 Å². The number of hydrogen-bond donors (Lipinski definition) is 1.